The number of hydrogen-bond acceptors (Lipinski definition) is 1. The third-order valence-electron chi connectivity index (χ3n) is 4.17. The van der Waals surface area contributed by atoms with Crippen molar-refractivity contribution in [1.29, 1.82) is 0 Å². The predicted molar refractivity (Wildman–Crippen MR) is 88.0 cm³/mol. The van der Waals surface area contributed by atoms with Crippen molar-refractivity contribution in [2.24, 2.45) is 11.8 Å². The Hall–Kier alpha value is 0.180. The smallest absolute Gasteiger partial charge is 0.0499 e. The summed E-state index contributed by atoms with van der Waals surface area (Å²) in [6.07, 6.45) is 16.6. The largest absolute Gasteiger partial charge is 0.381 e. The molecule has 0 aromatic carbocycles. The summed E-state index contributed by atoms with van der Waals surface area (Å²) in [5, 5.41) is 1.16. The fraction of sp³-hybridized carbons (Fsp3) is 0.882. The fourth-order valence-corrected chi connectivity index (χ4v) is 3.05. The summed E-state index contributed by atoms with van der Waals surface area (Å²) in [5.41, 5.74) is 0. The van der Waals surface area contributed by atoms with Crippen LogP contribution in [0.2, 0.25) is 0 Å². The second kappa shape index (κ2) is 12.0. The highest BCUT2D eigenvalue weighted by Crippen LogP contribution is 2.25. The third-order valence-corrected chi connectivity index (χ3v) is 4.73. The van der Waals surface area contributed by atoms with Crippen LogP contribution in [0.5, 0.6) is 0 Å². The van der Waals surface area contributed by atoms with Gasteiger partial charge in [0.05, 0.1) is 0 Å². The maximum absolute atomic E-state index is 5.85. The lowest BCUT2D eigenvalue weighted by Gasteiger charge is -2.24. The van der Waals surface area contributed by atoms with Gasteiger partial charge in [0, 0.05) is 18.5 Å². The zero-order valence-electron chi connectivity index (χ0n) is 12.6. The lowest BCUT2D eigenvalue weighted by atomic mass is 9.85. The number of halogens is 1. The molecule has 0 bridgehead atoms. The molecular weight excluding hydrogens is 300 g/mol. The molecule has 0 N–H and O–H groups in total. The first-order valence-electron chi connectivity index (χ1n) is 8.13. The Kier molecular flexibility index (Phi) is 10.8. The highest BCUT2D eigenvalue weighted by Gasteiger charge is 2.17. The maximum Gasteiger partial charge on any atom is 0.0499 e. The van der Waals surface area contributed by atoms with Crippen molar-refractivity contribution in [3.8, 4) is 0 Å². The van der Waals surface area contributed by atoms with Crippen LogP contribution in [-0.2, 0) is 4.74 Å². The Morgan fingerprint density at radius 1 is 0.947 bits per heavy atom. The van der Waals surface area contributed by atoms with Crippen LogP contribution >= 0.6 is 15.9 Å². The van der Waals surface area contributed by atoms with Crippen LogP contribution in [0.1, 0.15) is 64.7 Å². The summed E-state index contributed by atoms with van der Waals surface area (Å²) in [6, 6.07) is 0. The van der Waals surface area contributed by atoms with Gasteiger partial charge in [-0.2, -0.15) is 0 Å². The minimum absolute atomic E-state index is 0.759. The first kappa shape index (κ1) is 17.2. The van der Waals surface area contributed by atoms with Crippen LogP contribution in [0.4, 0.5) is 0 Å². The van der Waals surface area contributed by atoms with Gasteiger partial charge in [0.25, 0.3) is 0 Å². The van der Waals surface area contributed by atoms with Crippen molar-refractivity contribution >= 4 is 15.9 Å². The van der Waals surface area contributed by atoms with Crippen LogP contribution in [-0.4, -0.2) is 18.5 Å². The number of unbranched alkanes of at least 4 members (excludes halogenated alkanes) is 6. The Balaban J connectivity index is 1.82. The van der Waals surface area contributed by atoms with Gasteiger partial charge in [-0.1, -0.05) is 67.1 Å². The van der Waals surface area contributed by atoms with Gasteiger partial charge in [-0.15, -0.1) is 0 Å². The molecule has 0 aromatic heterocycles. The number of hydrogen-bond donors (Lipinski definition) is 0. The molecule has 1 aliphatic rings. The van der Waals surface area contributed by atoms with Crippen molar-refractivity contribution in [3.63, 3.8) is 0 Å². The normalized spacial score (nSPS) is 22.8. The number of alkyl halides is 1. The molecule has 0 amide bonds. The minimum Gasteiger partial charge on any atom is -0.381 e. The topological polar surface area (TPSA) is 9.23 Å². The average molecular weight is 331 g/mol. The predicted octanol–water partition coefficient (Wildman–Crippen LogP) is 5.73. The summed E-state index contributed by atoms with van der Waals surface area (Å²) >= 11 is 3.48. The van der Waals surface area contributed by atoms with Crippen LogP contribution in [0.3, 0.4) is 0 Å². The van der Waals surface area contributed by atoms with Crippen molar-refractivity contribution in [3.05, 3.63) is 12.2 Å². The van der Waals surface area contributed by atoms with E-state index in [9.17, 15) is 0 Å². The van der Waals surface area contributed by atoms with Gasteiger partial charge in [-0.25, -0.2) is 0 Å². The molecular formula is C17H31BrO. The van der Waals surface area contributed by atoms with E-state index in [1.165, 1.54) is 57.8 Å². The molecule has 0 saturated carbocycles. The standard InChI is InChI=1S/C17H31BrO/c1-16-11-7-8-12-17(16)15-19-14-10-6-4-2-3-5-9-13-18/h7-8,16-17H,2-6,9-15H2,1H3. The molecule has 0 saturated heterocycles. The summed E-state index contributed by atoms with van der Waals surface area (Å²) < 4.78 is 5.85. The summed E-state index contributed by atoms with van der Waals surface area (Å²) in [4.78, 5) is 0. The first-order valence-corrected chi connectivity index (χ1v) is 9.25. The molecule has 112 valence electrons. The summed E-state index contributed by atoms with van der Waals surface area (Å²) in [5.74, 6) is 1.56. The van der Waals surface area contributed by atoms with E-state index in [1.807, 2.05) is 0 Å². The number of ether oxygens (including phenoxy) is 1. The zero-order chi connectivity index (χ0) is 13.8. The van der Waals surface area contributed by atoms with Crippen molar-refractivity contribution in [1.82, 2.24) is 0 Å². The lowest BCUT2D eigenvalue weighted by molar-refractivity contribution is 0.0765. The van der Waals surface area contributed by atoms with Gasteiger partial charge in [-0.05, 0) is 37.5 Å². The third kappa shape index (κ3) is 8.86. The van der Waals surface area contributed by atoms with Gasteiger partial charge in [-0.3, -0.25) is 0 Å². The molecule has 1 rings (SSSR count). The van der Waals surface area contributed by atoms with E-state index in [2.05, 4.69) is 35.0 Å². The molecule has 0 heterocycles. The van der Waals surface area contributed by atoms with Crippen molar-refractivity contribution in [2.75, 3.05) is 18.5 Å². The van der Waals surface area contributed by atoms with Gasteiger partial charge < -0.3 is 4.74 Å². The average Bonchev–Trinajstić information content (AvgIpc) is 2.43. The molecule has 2 atom stereocenters. The molecule has 0 aliphatic heterocycles. The molecule has 19 heavy (non-hydrogen) atoms. The van der Waals surface area contributed by atoms with Crippen LogP contribution in [0.15, 0.2) is 12.2 Å². The van der Waals surface area contributed by atoms with Gasteiger partial charge in [0.2, 0.25) is 0 Å². The SMILES string of the molecule is CC1CC=CCC1COCCCCCCCCCBr. The number of allylic oxidation sites excluding steroid dienone is 2. The van der Waals surface area contributed by atoms with E-state index in [1.54, 1.807) is 0 Å². The Labute approximate surface area is 128 Å². The highest BCUT2D eigenvalue weighted by atomic mass is 79.9. The Morgan fingerprint density at radius 2 is 1.58 bits per heavy atom. The van der Waals surface area contributed by atoms with Gasteiger partial charge >= 0.3 is 0 Å². The quantitative estimate of drug-likeness (QED) is 0.267. The Bertz CT molecular complexity index is 227. The summed E-state index contributed by atoms with van der Waals surface area (Å²) in [6.45, 7) is 4.29. The molecule has 1 aliphatic carbocycles. The minimum atomic E-state index is 0.759. The van der Waals surface area contributed by atoms with Crippen LogP contribution in [0, 0.1) is 11.8 Å². The van der Waals surface area contributed by atoms with Gasteiger partial charge in [0.1, 0.15) is 0 Å². The molecule has 2 heteroatoms. The van der Waals surface area contributed by atoms with E-state index in [4.69, 9.17) is 4.74 Å². The lowest BCUT2D eigenvalue weighted by Crippen LogP contribution is -2.19. The number of rotatable bonds is 11. The van der Waals surface area contributed by atoms with Crippen molar-refractivity contribution in [2.45, 2.75) is 64.7 Å². The molecule has 2 unspecified atom stereocenters. The molecule has 0 fully saturated rings. The fourth-order valence-electron chi connectivity index (χ4n) is 2.66. The molecule has 1 nitrogen and oxygen atoms in total. The van der Waals surface area contributed by atoms with E-state index in [0.29, 0.717) is 0 Å². The van der Waals surface area contributed by atoms with E-state index in [-0.39, 0.29) is 0 Å². The van der Waals surface area contributed by atoms with E-state index in [0.717, 1.165) is 30.4 Å². The summed E-state index contributed by atoms with van der Waals surface area (Å²) in [7, 11) is 0. The van der Waals surface area contributed by atoms with Gasteiger partial charge in [0.15, 0.2) is 0 Å². The van der Waals surface area contributed by atoms with Crippen LogP contribution in [0.25, 0.3) is 0 Å². The maximum atomic E-state index is 5.85. The van der Waals surface area contributed by atoms with Crippen LogP contribution < -0.4 is 0 Å². The second-order valence-electron chi connectivity index (χ2n) is 5.92. The first-order chi connectivity index (χ1) is 9.34. The molecule has 0 spiro atoms. The van der Waals surface area contributed by atoms with E-state index < -0.39 is 0 Å². The van der Waals surface area contributed by atoms with E-state index >= 15 is 0 Å². The molecule has 0 aromatic rings. The monoisotopic (exact) mass is 330 g/mol. The Morgan fingerprint density at radius 3 is 2.26 bits per heavy atom. The van der Waals surface area contributed by atoms with Crippen molar-refractivity contribution < 1.29 is 4.74 Å². The highest BCUT2D eigenvalue weighted by molar-refractivity contribution is 9.09. The zero-order valence-corrected chi connectivity index (χ0v) is 14.2. The second-order valence-corrected chi connectivity index (χ2v) is 6.71. The molecule has 0 radical (unpaired) electrons.